The maximum Gasteiger partial charge on any atom is 0.573 e. The molecule has 0 bridgehead atoms. The summed E-state index contributed by atoms with van der Waals surface area (Å²) in [6.45, 7) is 1.99. The molecule has 1 aromatic rings. The van der Waals surface area contributed by atoms with Gasteiger partial charge in [-0.2, -0.15) is 0 Å². The first kappa shape index (κ1) is 10.9. The van der Waals surface area contributed by atoms with Crippen molar-refractivity contribution in [1.29, 1.82) is 0 Å². The zero-order chi connectivity index (χ0) is 10.6. The van der Waals surface area contributed by atoms with E-state index in [0.29, 0.717) is 0 Å². The maximum atomic E-state index is 11.8. The monoisotopic (exact) mass is 203 g/mol. The Bertz CT molecular complexity index is 276. The number of hydrogen-bond acceptors (Lipinski definition) is 1. The Morgan fingerprint density at radius 3 is 2.50 bits per heavy atom. The van der Waals surface area contributed by atoms with Gasteiger partial charge >= 0.3 is 6.36 Å². The predicted octanol–water partition coefficient (Wildman–Crippen LogP) is 3.34. The standard InChI is InChI=1S/C10H10F3O/c1-2-3-8-4-6-9(7-5-8)14-10(11,12)13/h4,6-7H,2-3H2,1H3. The van der Waals surface area contributed by atoms with Crippen molar-refractivity contribution in [3.63, 3.8) is 0 Å². The van der Waals surface area contributed by atoms with Crippen LogP contribution in [0.5, 0.6) is 5.75 Å². The molecule has 0 saturated carbocycles. The van der Waals surface area contributed by atoms with E-state index in [2.05, 4.69) is 10.8 Å². The summed E-state index contributed by atoms with van der Waals surface area (Å²) < 4.78 is 39.0. The molecular weight excluding hydrogens is 193 g/mol. The van der Waals surface area contributed by atoms with Crippen LogP contribution in [0.15, 0.2) is 18.2 Å². The minimum atomic E-state index is -4.62. The van der Waals surface area contributed by atoms with Gasteiger partial charge in [-0.15, -0.1) is 13.2 Å². The van der Waals surface area contributed by atoms with Gasteiger partial charge in [0.25, 0.3) is 0 Å². The van der Waals surface area contributed by atoms with Crippen LogP contribution in [0.1, 0.15) is 18.9 Å². The lowest BCUT2D eigenvalue weighted by molar-refractivity contribution is -0.274. The second-order valence-electron chi connectivity index (χ2n) is 2.85. The SMILES string of the molecule is CCCc1[c]cc(OC(F)(F)F)cc1. The molecule has 4 heteroatoms. The highest BCUT2D eigenvalue weighted by Gasteiger charge is 2.30. The van der Waals surface area contributed by atoms with Gasteiger partial charge in [0, 0.05) is 0 Å². The molecule has 0 amide bonds. The van der Waals surface area contributed by atoms with Crippen molar-refractivity contribution in [1.82, 2.24) is 0 Å². The molecule has 0 atom stereocenters. The normalized spacial score (nSPS) is 11.4. The number of aryl methyl sites for hydroxylation is 1. The summed E-state index contributed by atoms with van der Waals surface area (Å²) in [5.74, 6) is -0.225. The molecule has 1 rings (SSSR count). The summed E-state index contributed by atoms with van der Waals surface area (Å²) in [6, 6.07) is 6.83. The van der Waals surface area contributed by atoms with Crippen molar-refractivity contribution < 1.29 is 17.9 Å². The molecule has 0 N–H and O–H groups in total. The lowest BCUT2D eigenvalue weighted by Gasteiger charge is -2.08. The lowest BCUT2D eigenvalue weighted by atomic mass is 10.1. The van der Waals surface area contributed by atoms with Crippen molar-refractivity contribution in [3.05, 3.63) is 29.8 Å². The maximum absolute atomic E-state index is 11.8. The third kappa shape index (κ3) is 3.68. The molecule has 0 spiro atoms. The number of rotatable bonds is 3. The molecule has 0 fully saturated rings. The van der Waals surface area contributed by atoms with E-state index in [-0.39, 0.29) is 5.75 Å². The van der Waals surface area contributed by atoms with E-state index in [4.69, 9.17) is 0 Å². The van der Waals surface area contributed by atoms with Crippen molar-refractivity contribution >= 4 is 0 Å². The molecule has 0 saturated heterocycles. The zero-order valence-electron chi connectivity index (χ0n) is 7.69. The van der Waals surface area contributed by atoms with E-state index in [9.17, 15) is 13.2 Å². The fraction of sp³-hybridized carbons (Fsp3) is 0.400. The van der Waals surface area contributed by atoms with Gasteiger partial charge in [0.1, 0.15) is 5.75 Å². The number of alkyl halides is 3. The Hall–Kier alpha value is -1.19. The molecule has 1 nitrogen and oxygen atoms in total. The third-order valence-corrected chi connectivity index (χ3v) is 1.60. The Kier molecular flexibility index (Phi) is 3.38. The van der Waals surface area contributed by atoms with Gasteiger partial charge < -0.3 is 4.74 Å². The molecule has 77 valence electrons. The second-order valence-corrected chi connectivity index (χ2v) is 2.85. The highest BCUT2D eigenvalue weighted by Crippen LogP contribution is 2.22. The summed E-state index contributed by atoms with van der Waals surface area (Å²) in [7, 11) is 0. The molecule has 0 aliphatic rings. The van der Waals surface area contributed by atoms with Crippen LogP contribution in [0.2, 0.25) is 0 Å². The average molecular weight is 203 g/mol. The summed E-state index contributed by atoms with van der Waals surface area (Å²) in [5.41, 5.74) is 0.891. The Balaban J connectivity index is 2.64. The molecule has 0 aliphatic carbocycles. The van der Waals surface area contributed by atoms with Crippen LogP contribution >= 0.6 is 0 Å². The smallest absolute Gasteiger partial charge is 0.406 e. The molecule has 0 unspecified atom stereocenters. The highest BCUT2D eigenvalue weighted by molar-refractivity contribution is 5.26. The first-order chi connectivity index (χ1) is 6.51. The van der Waals surface area contributed by atoms with Crippen molar-refractivity contribution in [2.75, 3.05) is 0 Å². The van der Waals surface area contributed by atoms with Crippen LogP contribution in [0.25, 0.3) is 0 Å². The molecular formula is C10H10F3O. The van der Waals surface area contributed by atoms with Crippen LogP contribution in [-0.2, 0) is 6.42 Å². The minimum Gasteiger partial charge on any atom is -0.406 e. The van der Waals surface area contributed by atoms with Gasteiger partial charge in [0.15, 0.2) is 0 Å². The largest absolute Gasteiger partial charge is 0.573 e. The van der Waals surface area contributed by atoms with E-state index >= 15 is 0 Å². The zero-order valence-corrected chi connectivity index (χ0v) is 7.69. The van der Waals surface area contributed by atoms with Crippen LogP contribution in [-0.4, -0.2) is 6.36 Å². The predicted molar refractivity (Wildman–Crippen MR) is 46.0 cm³/mol. The summed E-state index contributed by atoms with van der Waals surface area (Å²) in [5, 5.41) is 0. The van der Waals surface area contributed by atoms with Crippen molar-refractivity contribution in [2.45, 2.75) is 26.1 Å². The number of hydrogen-bond donors (Lipinski definition) is 0. The minimum absolute atomic E-state index is 0.225. The number of ether oxygens (including phenoxy) is 1. The Morgan fingerprint density at radius 2 is 2.07 bits per heavy atom. The van der Waals surface area contributed by atoms with Gasteiger partial charge in [-0.25, -0.2) is 0 Å². The quantitative estimate of drug-likeness (QED) is 0.732. The molecule has 1 aromatic carbocycles. The summed E-state index contributed by atoms with van der Waals surface area (Å²) >= 11 is 0. The van der Waals surface area contributed by atoms with E-state index in [1.54, 1.807) is 6.07 Å². The highest BCUT2D eigenvalue weighted by atomic mass is 19.4. The van der Waals surface area contributed by atoms with E-state index < -0.39 is 6.36 Å². The molecule has 0 aromatic heterocycles. The van der Waals surface area contributed by atoms with Gasteiger partial charge in [-0.1, -0.05) is 19.4 Å². The molecule has 0 aliphatic heterocycles. The van der Waals surface area contributed by atoms with Crippen LogP contribution in [0.4, 0.5) is 13.2 Å². The fourth-order valence-corrected chi connectivity index (χ4v) is 1.06. The third-order valence-electron chi connectivity index (χ3n) is 1.60. The second kappa shape index (κ2) is 4.35. The summed E-state index contributed by atoms with van der Waals surface area (Å²) in [4.78, 5) is 0. The lowest BCUT2D eigenvalue weighted by Crippen LogP contribution is -2.17. The van der Waals surface area contributed by atoms with Crippen molar-refractivity contribution in [3.8, 4) is 5.75 Å². The van der Waals surface area contributed by atoms with Crippen LogP contribution in [0.3, 0.4) is 0 Å². The average Bonchev–Trinajstić information content (AvgIpc) is 2.06. The van der Waals surface area contributed by atoms with Gasteiger partial charge in [0.05, 0.1) is 0 Å². The van der Waals surface area contributed by atoms with Gasteiger partial charge in [0.2, 0.25) is 0 Å². The molecule has 1 radical (unpaired) electrons. The van der Waals surface area contributed by atoms with E-state index in [0.717, 1.165) is 18.4 Å². The first-order valence-electron chi connectivity index (χ1n) is 4.27. The Morgan fingerprint density at radius 1 is 1.36 bits per heavy atom. The van der Waals surface area contributed by atoms with E-state index in [1.807, 2.05) is 6.92 Å². The van der Waals surface area contributed by atoms with Crippen LogP contribution < -0.4 is 4.74 Å². The van der Waals surface area contributed by atoms with Crippen LogP contribution in [0, 0.1) is 6.07 Å². The van der Waals surface area contributed by atoms with Crippen molar-refractivity contribution in [2.24, 2.45) is 0 Å². The molecule has 14 heavy (non-hydrogen) atoms. The number of benzene rings is 1. The fourth-order valence-electron chi connectivity index (χ4n) is 1.06. The molecule has 0 heterocycles. The Labute approximate surface area is 80.5 Å². The number of halogens is 3. The van der Waals surface area contributed by atoms with E-state index in [1.165, 1.54) is 12.1 Å². The topological polar surface area (TPSA) is 9.23 Å². The first-order valence-corrected chi connectivity index (χ1v) is 4.27. The summed E-state index contributed by atoms with van der Waals surface area (Å²) in [6.07, 6.45) is -2.87. The van der Waals surface area contributed by atoms with Gasteiger partial charge in [-0.3, -0.25) is 0 Å². The van der Waals surface area contributed by atoms with Gasteiger partial charge in [-0.05, 0) is 30.2 Å².